The number of hydrogen-bond acceptors (Lipinski definition) is 32. The van der Waals surface area contributed by atoms with Crippen molar-refractivity contribution in [1.82, 2.24) is 10.2 Å². The quantitative estimate of drug-likeness (QED) is 0.0373. The molecule has 80 heavy (non-hydrogen) atoms. The van der Waals surface area contributed by atoms with Crippen molar-refractivity contribution in [2.75, 3.05) is 35.6 Å². The number of ether oxygens (including phenoxy) is 3. The summed E-state index contributed by atoms with van der Waals surface area (Å²) in [5.74, 6) is 0. The van der Waals surface area contributed by atoms with Gasteiger partial charge in [0.15, 0.2) is 18.9 Å². The lowest BCUT2D eigenvalue weighted by Gasteiger charge is -2.50. The highest BCUT2D eigenvalue weighted by atomic mass is 16.7. The Morgan fingerprint density at radius 2 is 0.750 bits per heavy atom. The van der Waals surface area contributed by atoms with Gasteiger partial charge >= 0.3 is 0 Å². The highest BCUT2D eigenvalue weighted by molar-refractivity contribution is 5.68. The Hall–Kier alpha value is -7.22. The van der Waals surface area contributed by atoms with Gasteiger partial charge in [-0.15, -0.1) is 0 Å². The van der Waals surface area contributed by atoms with Crippen LogP contribution >= 0.6 is 0 Å². The van der Waals surface area contributed by atoms with Gasteiger partial charge in [0.2, 0.25) is 0 Å². The second-order valence-corrected chi connectivity index (χ2v) is 19.0. The number of nitrogens with one attached hydrogen (secondary N) is 4. The van der Waals surface area contributed by atoms with E-state index in [0.717, 1.165) is 41.3 Å². The van der Waals surface area contributed by atoms with E-state index in [-0.39, 0.29) is 0 Å². The van der Waals surface area contributed by atoms with E-state index in [2.05, 4.69) is 21.3 Å². The summed E-state index contributed by atoms with van der Waals surface area (Å²) in [5, 5.41) is 215. The molecular formula is C42H53N11O27. The molecule has 3 unspecified atom stereocenters. The fourth-order valence-corrected chi connectivity index (χ4v) is 9.95. The fraction of sp³-hybridized carbons (Fsp3) is 0.571. The van der Waals surface area contributed by atoms with Crippen molar-refractivity contribution in [3.05, 3.63) is 115 Å². The maximum Gasteiger partial charge on any atom is 0.299 e. The third kappa shape index (κ3) is 12.7. The largest absolute Gasteiger partial charge is 0.389 e. The molecule has 0 spiro atoms. The molecule has 3 saturated heterocycles. The summed E-state index contributed by atoms with van der Waals surface area (Å²) in [4.78, 5) is 65.3. The Labute approximate surface area is 445 Å². The highest BCUT2D eigenvalue weighted by Crippen LogP contribution is 2.37. The first-order chi connectivity index (χ1) is 37.6. The van der Waals surface area contributed by atoms with E-state index in [9.17, 15) is 122 Å². The molecule has 1 saturated carbocycles. The van der Waals surface area contributed by atoms with Crippen molar-refractivity contribution in [3.8, 4) is 0 Å². The average molecular weight is 1140 g/mol. The number of aliphatic hydroxyl groups excluding tert-OH is 12. The van der Waals surface area contributed by atoms with Crippen LogP contribution in [0.25, 0.3) is 0 Å². The molecule has 38 heteroatoms. The molecule has 0 amide bonds. The second kappa shape index (κ2) is 24.7. The Bertz CT molecular complexity index is 2700. The zero-order chi connectivity index (χ0) is 58.9. The Morgan fingerprint density at radius 1 is 0.425 bits per heavy atom. The molecule has 3 aromatic rings. The first-order valence-corrected chi connectivity index (χ1v) is 23.8. The SMILES string of the molecule is O=[N+]([O-])c1ccc(N[C@H]2[C@H](O)[C@@H](CN[C@@H]3C[C@H](N(C[C@H]4OC(O)[C@H](O)[C@@H](Nc5ccc([N+](=O)[O-])cc5[N+](=O)[O-])[C@@H]4O)C[C@H]4OC(O)[C@H](O)[C@@H](Nc5ccc([N+](=O)[O-])cc5[N+](=O)[O-])[C@@H]4O)[C@@H](O)[C@H](O)[C@H]3O)OC(O)[C@@H]2O)c([N+](=O)[O-])c1. The molecule has 4 aliphatic rings. The molecule has 3 aromatic carbocycles. The van der Waals surface area contributed by atoms with Crippen LogP contribution in [-0.2, 0) is 14.2 Å². The normalized spacial score (nSPS) is 34.5. The Morgan fingerprint density at radius 3 is 1.07 bits per heavy atom. The van der Waals surface area contributed by atoms with E-state index in [1.165, 1.54) is 0 Å². The molecule has 4 fully saturated rings. The molecule has 20 atom stereocenters. The molecule has 438 valence electrons. The van der Waals surface area contributed by atoms with Gasteiger partial charge in [0.05, 0.1) is 78.1 Å². The second-order valence-electron chi connectivity index (χ2n) is 19.0. The van der Waals surface area contributed by atoms with Gasteiger partial charge in [-0.1, -0.05) is 0 Å². The van der Waals surface area contributed by atoms with E-state index < -0.39 is 229 Å². The molecule has 38 nitrogen and oxygen atoms in total. The van der Waals surface area contributed by atoms with Crippen LogP contribution in [0.5, 0.6) is 0 Å². The monoisotopic (exact) mass is 1140 g/mol. The lowest BCUT2D eigenvalue weighted by Crippen LogP contribution is -2.69. The van der Waals surface area contributed by atoms with Crippen LogP contribution in [0, 0.1) is 60.7 Å². The van der Waals surface area contributed by atoms with Crippen molar-refractivity contribution >= 4 is 51.2 Å². The minimum atomic E-state index is -2.27. The number of benzene rings is 3. The molecule has 3 aliphatic heterocycles. The maximum absolute atomic E-state index is 12.0. The topological polar surface area (TPSA) is 581 Å². The fourth-order valence-electron chi connectivity index (χ4n) is 9.95. The van der Waals surface area contributed by atoms with Crippen LogP contribution < -0.4 is 21.3 Å². The predicted octanol–water partition coefficient (Wildman–Crippen LogP) is -4.69. The summed E-state index contributed by atoms with van der Waals surface area (Å²) in [6.45, 7) is -2.27. The summed E-state index contributed by atoms with van der Waals surface area (Å²) >= 11 is 0. The number of anilines is 3. The van der Waals surface area contributed by atoms with Gasteiger partial charge in [-0.05, 0) is 24.6 Å². The van der Waals surface area contributed by atoms with E-state index in [0.29, 0.717) is 18.2 Å². The molecule has 0 radical (unpaired) electrons. The Kier molecular flexibility index (Phi) is 18.6. The third-order valence-corrected chi connectivity index (χ3v) is 14.2. The molecule has 0 bridgehead atoms. The summed E-state index contributed by atoms with van der Waals surface area (Å²) in [6.07, 6.45) is -31.0. The van der Waals surface area contributed by atoms with Crippen molar-refractivity contribution in [2.24, 2.45) is 0 Å². The van der Waals surface area contributed by atoms with Crippen LogP contribution in [-0.4, -0.2) is 238 Å². The standard InChI is InChI=1S/C42H53N11O27/c54-31-20(43-11-25-33(56)28(36(59)40(63)78-25)44-17-4-1-14(48(66)67)7-21(17)51(72)73)10-24(32(55)39(31)62)47(12-26-34(57)29(37(60)41(64)79-26)45-18-5-2-15(49(68)69)8-22(18)52(74)75)13-27-35(58)30(38(61)42(65)80-27)46-19-6-3-16(50(70)71)9-23(19)53(76)77/h1-9,20,24-46,54-65H,10-13H2/t20-,24+,25-,26-,27-,28+,29+,30+,31+,32-,33-,34-,35-,36-,37-,38-,39-,40?,41?,42?/m1/s1. The van der Waals surface area contributed by atoms with E-state index >= 15 is 0 Å². The molecule has 16 N–H and O–H groups in total. The van der Waals surface area contributed by atoms with Gasteiger partial charge in [0, 0.05) is 49.9 Å². The van der Waals surface area contributed by atoms with Crippen LogP contribution in [0.2, 0.25) is 0 Å². The van der Waals surface area contributed by atoms with Crippen LogP contribution in [0.1, 0.15) is 6.42 Å². The number of nitro groups is 6. The highest BCUT2D eigenvalue weighted by Gasteiger charge is 2.53. The number of non-ortho nitro benzene ring substituents is 3. The number of nitro benzene ring substituents is 6. The predicted molar refractivity (Wildman–Crippen MR) is 260 cm³/mol. The van der Waals surface area contributed by atoms with Crippen molar-refractivity contribution in [1.29, 1.82) is 0 Å². The smallest absolute Gasteiger partial charge is 0.299 e. The lowest BCUT2D eigenvalue weighted by molar-refractivity contribution is -0.393. The number of hydrogen-bond donors (Lipinski definition) is 16. The summed E-state index contributed by atoms with van der Waals surface area (Å²) in [7, 11) is 0. The summed E-state index contributed by atoms with van der Waals surface area (Å²) in [5.41, 5.74) is -6.30. The van der Waals surface area contributed by atoms with Gasteiger partial charge in [-0.3, -0.25) is 65.6 Å². The van der Waals surface area contributed by atoms with Gasteiger partial charge in [-0.25, -0.2) is 0 Å². The van der Waals surface area contributed by atoms with Crippen LogP contribution in [0.15, 0.2) is 54.6 Å². The lowest BCUT2D eigenvalue weighted by atomic mass is 9.82. The van der Waals surface area contributed by atoms with Gasteiger partial charge in [0.1, 0.15) is 78.1 Å². The number of rotatable bonds is 20. The van der Waals surface area contributed by atoms with Gasteiger partial charge in [0.25, 0.3) is 34.1 Å². The molecular weight excluding hydrogens is 1090 g/mol. The first-order valence-electron chi connectivity index (χ1n) is 23.8. The van der Waals surface area contributed by atoms with Crippen LogP contribution in [0.3, 0.4) is 0 Å². The van der Waals surface area contributed by atoms with Crippen molar-refractivity contribution in [3.63, 3.8) is 0 Å². The first kappa shape index (κ1) is 60.4. The van der Waals surface area contributed by atoms with E-state index in [1.54, 1.807) is 0 Å². The zero-order valence-electron chi connectivity index (χ0n) is 40.7. The molecule has 7 rings (SSSR count). The van der Waals surface area contributed by atoms with Crippen molar-refractivity contribution in [2.45, 2.75) is 129 Å². The summed E-state index contributed by atoms with van der Waals surface area (Å²) < 4.78 is 16.5. The van der Waals surface area contributed by atoms with Crippen LogP contribution in [0.4, 0.5) is 51.2 Å². The molecule has 3 heterocycles. The van der Waals surface area contributed by atoms with E-state index in [4.69, 9.17) is 14.2 Å². The maximum atomic E-state index is 12.0. The van der Waals surface area contributed by atoms with Crippen molar-refractivity contribution < 1.29 is 105 Å². The van der Waals surface area contributed by atoms with Gasteiger partial charge < -0.3 is 96.8 Å². The van der Waals surface area contributed by atoms with E-state index in [1.807, 2.05) is 0 Å². The molecule has 0 aromatic heterocycles. The average Bonchev–Trinajstić information content (AvgIpc) is 3.51. The number of nitrogens with zero attached hydrogens (tertiary/aromatic N) is 7. The van der Waals surface area contributed by atoms with Gasteiger partial charge in [-0.2, -0.15) is 0 Å². The number of aliphatic hydroxyl groups is 12. The minimum Gasteiger partial charge on any atom is -0.389 e. The minimum absolute atomic E-state index is 0.444. The Balaban J connectivity index is 1.19. The molecule has 1 aliphatic carbocycles. The summed E-state index contributed by atoms with van der Waals surface area (Å²) in [6, 6.07) is -1.52. The third-order valence-electron chi connectivity index (χ3n) is 14.2. The zero-order valence-corrected chi connectivity index (χ0v) is 40.7.